The molecule has 30 heavy (non-hydrogen) atoms. The molecule has 1 N–H and O–H groups in total. The summed E-state index contributed by atoms with van der Waals surface area (Å²) in [6, 6.07) is 19.4. The van der Waals surface area contributed by atoms with Crippen LogP contribution in [0.1, 0.15) is 26.5 Å². The smallest absolute Gasteiger partial charge is 0.254 e. The highest BCUT2D eigenvalue weighted by Gasteiger charge is 2.29. The van der Waals surface area contributed by atoms with Crippen molar-refractivity contribution in [2.45, 2.75) is 37.9 Å². The topological polar surface area (TPSA) is 64.0 Å². The SMILES string of the molecule is CC(C)(C)c1cc(=O)n2c(n1)SCC(C(=O)Nc1ccccc1-c1ccccc1)C2. The van der Waals surface area contributed by atoms with Gasteiger partial charge in [0.15, 0.2) is 5.16 Å². The predicted molar refractivity (Wildman–Crippen MR) is 122 cm³/mol. The van der Waals surface area contributed by atoms with E-state index < -0.39 is 0 Å². The maximum absolute atomic E-state index is 13.0. The number of thioether (sulfide) groups is 1. The number of hydrogen-bond acceptors (Lipinski definition) is 4. The van der Waals surface area contributed by atoms with Gasteiger partial charge < -0.3 is 5.32 Å². The molecule has 1 aliphatic rings. The van der Waals surface area contributed by atoms with Gasteiger partial charge in [-0.15, -0.1) is 0 Å². The molecule has 4 rings (SSSR count). The van der Waals surface area contributed by atoms with E-state index in [0.717, 1.165) is 22.5 Å². The van der Waals surface area contributed by atoms with E-state index in [1.807, 2.05) is 75.4 Å². The fraction of sp³-hybridized carbons (Fsp3) is 0.292. The zero-order valence-corrected chi connectivity index (χ0v) is 18.2. The van der Waals surface area contributed by atoms with Crippen LogP contribution in [-0.4, -0.2) is 21.2 Å². The Labute approximate surface area is 180 Å². The number of hydrogen-bond donors (Lipinski definition) is 1. The fourth-order valence-corrected chi connectivity index (χ4v) is 4.54. The van der Waals surface area contributed by atoms with Gasteiger partial charge in [-0.3, -0.25) is 14.2 Å². The highest BCUT2D eigenvalue weighted by Crippen LogP contribution is 2.31. The van der Waals surface area contributed by atoms with Gasteiger partial charge in [0.2, 0.25) is 5.91 Å². The molecule has 0 aliphatic carbocycles. The van der Waals surface area contributed by atoms with Gasteiger partial charge in [0.25, 0.3) is 5.56 Å². The number of fused-ring (bicyclic) bond motifs is 1. The average Bonchev–Trinajstić information content (AvgIpc) is 2.74. The number of rotatable bonds is 3. The van der Waals surface area contributed by atoms with Gasteiger partial charge in [-0.25, -0.2) is 4.98 Å². The molecule has 0 radical (unpaired) electrons. The zero-order chi connectivity index (χ0) is 21.3. The van der Waals surface area contributed by atoms with Crippen LogP contribution in [-0.2, 0) is 16.8 Å². The lowest BCUT2D eigenvalue weighted by Gasteiger charge is -2.26. The molecule has 5 nitrogen and oxygen atoms in total. The molecule has 1 atom stereocenters. The zero-order valence-electron chi connectivity index (χ0n) is 17.4. The van der Waals surface area contributed by atoms with Crippen LogP contribution in [0, 0.1) is 5.92 Å². The molecule has 0 fully saturated rings. The van der Waals surface area contributed by atoms with E-state index in [9.17, 15) is 9.59 Å². The van der Waals surface area contributed by atoms with Gasteiger partial charge in [-0.05, 0) is 11.6 Å². The largest absolute Gasteiger partial charge is 0.325 e. The summed E-state index contributed by atoms with van der Waals surface area (Å²) in [6.45, 7) is 6.47. The third-order valence-electron chi connectivity index (χ3n) is 5.20. The Morgan fingerprint density at radius 2 is 1.80 bits per heavy atom. The van der Waals surface area contributed by atoms with Crippen LogP contribution in [0.2, 0.25) is 0 Å². The second kappa shape index (κ2) is 8.11. The van der Waals surface area contributed by atoms with Gasteiger partial charge in [0.05, 0.1) is 11.6 Å². The van der Waals surface area contributed by atoms with E-state index in [1.54, 1.807) is 10.6 Å². The number of nitrogens with zero attached hydrogens (tertiary/aromatic N) is 2. The first-order valence-corrected chi connectivity index (χ1v) is 11.0. The first-order valence-electron chi connectivity index (χ1n) is 10.0. The number of carbonyl (C=O) groups is 1. The molecule has 1 aliphatic heterocycles. The second-order valence-corrected chi connectivity index (χ2v) is 9.52. The number of anilines is 1. The van der Waals surface area contributed by atoms with Crippen LogP contribution in [0.15, 0.2) is 70.6 Å². The number of amides is 1. The van der Waals surface area contributed by atoms with Crippen molar-refractivity contribution in [1.29, 1.82) is 0 Å². The molecule has 1 aromatic heterocycles. The minimum Gasteiger partial charge on any atom is -0.325 e. The Hall–Kier alpha value is -2.86. The fourth-order valence-electron chi connectivity index (χ4n) is 3.45. The normalized spacial score (nSPS) is 16.0. The Balaban J connectivity index is 1.56. The number of nitrogens with one attached hydrogen (secondary N) is 1. The number of benzene rings is 2. The molecular formula is C24H25N3O2S. The molecule has 0 bridgehead atoms. The van der Waals surface area contributed by atoms with Crippen LogP contribution < -0.4 is 10.9 Å². The summed E-state index contributed by atoms with van der Waals surface area (Å²) in [5.74, 6) is 0.217. The number of carbonyl (C=O) groups excluding carboxylic acids is 1. The third kappa shape index (κ3) is 4.19. The Morgan fingerprint density at radius 3 is 2.53 bits per heavy atom. The maximum atomic E-state index is 13.0. The van der Waals surface area contributed by atoms with Crippen LogP contribution in [0.3, 0.4) is 0 Å². The van der Waals surface area contributed by atoms with Gasteiger partial charge in [-0.1, -0.05) is 81.1 Å². The first kappa shape index (κ1) is 20.4. The lowest BCUT2D eigenvalue weighted by Crippen LogP contribution is -2.37. The molecule has 154 valence electrons. The molecule has 1 unspecified atom stereocenters. The summed E-state index contributed by atoms with van der Waals surface area (Å²) in [4.78, 5) is 30.4. The molecule has 0 saturated heterocycles. The van der Waals surface area contributed by atoms with Crippen LogP contribution in [0.25, 0.3) is 11.1 Å². The van der Waals surface area contributed by atoms with Crippen LogP contribution in [0.5, 0.6) is 0 Å². The van der Waals surface area contributed by atoms with Crippen molar-refractivity contribution in [3.8, 4) is 11.1 Å². The van der Waals surface area contributed by atoms with E-state index >= 15 is 0 Å². The molecule has 0 spiro atoms. The van der Waals surface area contributed by atoms with Gasteiger partial charge >= 0.3 is 0 Å². The van der Waals surface area contributed by atoms with E-state index in [1.165, 1.54) is 11.8 Å². The van der Waals surface area contributed by atoms with Crippen molar-refractivity contribution in [3.63, 3.8) is 0 Å². The molecule has 1 amide bonds. The lowest BCUT2D eigenvalue weighted by atomic mass is 9.92. The Kier molecular flexibility index (Phi) is 5.52. The predicted octanol–water partition coefficient (Wildman–Crippen LogP) is 4.57. The molecule has 2 heterocycles. The maximum Gasteiger partial charge on any atom is 0.254 e. The van der Waals surface area contributed by atoms with Crippen molar-refractivity contribution >= 4 is 23.4 Å². The van der Waals surface area contributed by atoms with Crippen molar-refractivity contribution in [1.82, 2.24) is 9.55 Å². The van der Waals surface area contributed by atoms with Gasteiger partial charge in [0.1, 0.15) is 0 Å². The van der Waals surface area contributed by atoms with Crippen LogP contribution >= 0.6 is 11.8 Å². The van der Waals surface area contributed by atoms with Crippen molar-refractivity contribution in [2.24, 2.45) is 5.92 Å². The number of aromatic nitrogens is 2. The minimum absolute atomic E-state index is 0.0803. The summed E-state index contributed by atoms with van der Waals surface area (Å²) in [5, 5.41) is 3.77. The van der Waals surface area contributed by atoms with E-state index in [-0.39, 0.29) is 22.8 Å². The Morgan fingerprint density at radius 1 is 1.10 bits per heavy atom. The van der Waals surface area contributed by atoms with E-state index in [4.69, 9.17) is 0 Å². The summed E-state index contributed by atoms with van der Waals surface area (Å²) in [6.07, 6.45) is 0. The average molecular weight is 420 g/mol. The van der Waals surface area contributed by atoms with Gasteiger partial charge in [-0.2, -0.15) is 0 Å². The van der Waals surface area contributed by atoms with E-state index in [0.29, 0.717) is 17.5 Å². The second-order valence-electron chi connectivity index (χ2n) is 8.53. The monoisotopic (exact) mass is 419 g/mol. The quantitative estimate of drug-likeness (QED) is 0.632. The van der Waals surface area contributed by atoms with Crippen molar-refractivity contribution < 1.29 is 4.79 Å². The summed E-state index contributed by atoms with van der Waals surface area (Å²) < 4.78 is 1.62. The van der Waals surface area contributed by atoms with E-state index in [2.05, 4.69) is 10.3 Å². The summed E-state index contributed by atoms with van der Waals surface area (Å²) in [5.41, 5.74) is 3.30. The molecular weight excluding hydrogens is 394 g/mol. The first-order chi connectivity index (χ1) is 14.3. The molecule has 3 aromatic rings. The van der Waals surface area contributed by atoms with Crippen molar-refractivity contribution in [2.75, 3.05) is 11.1 Å². The summed E-state index contributed by atoms with van der Waals surface area (Å²) in [7, 11) is 0. The highest BCUT2D eigenvalue weighted by atomic mass is 32.2. The van der Waals surface area contributed by atoms with Crippen LogP contribution in [0.4, 0.5) is 5.69 Å². The standard InChI is InChI=1S/C24H25N3O2S/c1-24(2,3)20-13-21(28)27-14-17(15-30-23(27)26-20)22(29)25-19-12-8-7-11-18(19)16-9-5-4-6-10-16/h4-13,17H,14-15H2,1-3H3,(H,25,29). The molecule has 2 aromatic carbocycles. The minimum atomic E-state index is -0.300. The highest BCUT2D eigenvalue weighted by molar-refractivity contribution is 7.99. The summed E-state index contributed by atoms with van der Waals surface area (Å²) >= 11 is 1.47. The number of para-hydroxylation sites is 1. The third-order valence-corrected chi connectivity index (χ3v) is 6.34. The molecule has 0 saturated carbocycles. The van der Waals surface area contributed by atoms with Crippen molar-refractivity contribution in [3.05, 3.63) is 76.7 Å². The molecule has 6 heteroatoms. The lowest BCUT2D eigenvalue weighted by molar-refractivity contribution is -0.119. The van der Waals surface area contributed by atoms with Gasteiger partial charge in [0, 0.05) is 35.0 Å². The Bertz CT molecular complexity index is 1130.